The molecule has 0 amide bonds. The molecule has 1 aromatic rings. The molecule has 2 nitrogen and oxygen atoms in total. The van der Waals surface area contributed by atoms with Gasteiger partial charge in [0.2, 0.25) is 0 Å². The van der Waals surface area contributed by atoms with Crippen molar-refractivity contribution in [1.82, 2.24) is 4.90 Å². The second-order valence-corrected chi connectivity index (χ2v) is 7.65. The molecule has 1 heterocycles. The van der Waals surface area contributed by atoms with Gasteiger partial charge in [-0.25, -0.2) is 8.78 Å². The molecule has 0 spiro atoms. The average molecular weight is 333 g/mol. The smallest absolute Gasteiger partial charge is 0.142 e. The van der Waals surface area contributed by atoms with Gasteiger partial charge in [-0.05, 0) is 61.6 Å². The van der Waals surface area contributed by atoms with Crippen LogP contribution in [0.4, 0.5) is 8.78 Å². The Kier molecular flexibility index (Phi) is 4.11. The number of ether oxygens (including phenoxy) is 1. The maximum atomic E-state index is 15.5. The van der Waals surface area contributed by atoms with Gasteiger partial charge in [0.1, 0.15) is 17.2 Å². The zero-order chi connectivity index (χ0) is 16.7. The van der Waals surface area contributed by atoms with Crippen molar-refractivity contribution in [2.75, 3.05) is 26.7 Å². The number of piperidine rings is 1. The molecule has 1 aromatic carbocycles. The van der Waals surface area contributed by atoms with Crippen LogP contribution in [-0.2, 0) is 5.67 Å². The Morgan fingerprint density at radius 1 is 1.21 bits per heavy atom. The van der Waals surface area contributed by atoms with Crippen LogP contribution < -0.4 is 4.74 Å². The fourth-order valence-electron chi connectivity index (χ4n) is 4.83. The molecule has 1 saturated heterocycles. The van der Waals surface area contributed by atoms with Crippen molar-refractivity contribution < 1.29 is 13.5 Å². The number of allylic oxidation sites excluding steroid dienone is 2. The van der Waals surface area contributed by atoms with Gasteiger partial charge in [-0.2, -0.15) is 0 Å². The summed E-state index contributed by atoms with van der Waals surface area (Å²) in [6, 6.07) is 4.15. The standard InChI is InChI=1S/C20H25F2NO/c1-24-19-5-4-17(21)12-18(19)20(22)6-8-23(9-7-20)13-16-11-14-2-3-15(16)10-14/h2-5,12,14-16H,6-11,13H2,1H3/t14-,15-,16+/m0/s1. The van der Waals surface area contributed by atoms with E-state index in [0.29, 0.717) is 24.2 Å². The van der Waals surface area contributed by atoms with Gasteiger partial charge in [-0.3, -0.25) is 0 Å². The molecule has 4 heteroatoms. The number of halogens is 2. The summed E-state index contributed by atoms with van der Waals surface area (Å²) in [5.41, 5.74) is -1.12. The fourth-order valence-corrected chi connectivity index (χ4v) is 4.83. The summed E-state index contributed by atoms with van der Waals surface area (Å²) < 4.78 is 34.3. The maximum Gasteiger partial charge on any atom is 0.142 e. The number of hydrogen-bond donors (Lipinski definition) is 0. The van der Waals surface area contributed by atoms with Crippen molar-refractivity contribution in [3.8, 4) is 5.75 Å². The van der Waals surface area contributed by atoms with Crippen LogP contribution in [0.25, 0.3) is 0 Å². The minimum absolute atomic E-state index is 0.368. The number of methoxy groups -OCH3 is 1. The Morgan fingerprint density at radius 3 is 2.62 bits per heavy atom. The van der Waals surface area contributed by atoms with Gasteiger partial charge in [-0.1, -0.05) is 12.2 Å². The van der Waals surface area contributed by atoms with Crippen LogP contribution in [0.15, 0.2) is 30.4 Å². The zero-order valence-corrected chi connectivity index (χ0v) is 14.2. The van der Waals surface area contributed by atoms with Crippen molar-refractivity contribution in [1.29, 1.82) is 0 Å². The molecule has 0 N–H and O–H groups in total. The molecule has 2 aliphatic carbocycles. The third-order valence-electron chi connectivity index (χ3n) is 6.20. The van der Waals surface area contributed by atoms with E-state index >= 15 is 4.39 Å². The van der Waals surface area contributed by atoms with Gasteiger partial charge in [0.05, 0.1) is 7.11 Å². The highest BCUT2D eigenvalue weighted by Crippen LogP contribution is 2.45. The topological polar surface area (TPSA) is 12.5 Å². The van der Waals surface area contributed by atoms with Crippen molar-refractivity contribution >= 4 is 0 Å². The summed E-state index contributed by atoms with van der Waals surface area (Å²) in [6.45, 7) is 2.53. The van der Waals surface area contributed by atoms with E-state index in [4.69, 9.17) is 4.74 Å². The van der Waals surface area contributed by atoms with Gasteiger partial charge < -0.3 is 9.64 Å². The first-order valence-electron chi connectivity index (χ1n) is 9.01. The van der Waals surface area contributed by atoms with Crippen LogP contribution in [-0.4, -0.2) is 31.6 Å². The molecule has 130 valence electrons. The van der Waals surface area contributed by atoms with Crippen molar-refractivity contribution in [2.24, 2.45) is 17.8 Å². The van der Waals surface area contributed by atoms with Crippen LogP contribution in [0.1, 0.15) is 31.2 Å². The molecule has 3 aliphatic rings. The number of benzene rings is 1. The monoisotopic (exact) mass is 333 g/mol. The van der Waals surface area contributed by atoms with E-state index in [0.717, 1.165) is 37.4 Å². The van der Waals surface area contributed by atoms with Gasteiger partial charge >= 0.3 is 0 Å². The third-order valence-corrected chi connectivity index (χ3v) is 6.20. The van der Waals surface area contributed by atoms with E-state index in [2.05, 4.69) is 17.1 Å². The van der Waals surface area contributed by atoms with E-state index < -0.39 is 11.5 Å². The molecule has 0 unspecified atom stereocenters. The molecular weight excluding hydrogens is 308 g/mol. The van der Waals surface area contributed by atoms with Crippen LogP contribution in [0.5, 0.6) is 5.75 Å². The Morgan fingerprint density at radius 2 is 2.00 bits per heavy atom. The lowest BCUT2D eigenvalue weighted by molar-refractivity contribution is 0.0448. The average Bonchev–Trinajstić information content (AvgIpc) is 3.20. The first-order valence-corrected chi connectivity index (χ1v) is 9.01. The molecule has 1 saturated carbocycles. The number of nitrogens with zero attached hydrogens (tertiary/aromatic N) is 1. The fraction of sp³-hybridized carbons (Fsp3) is 0.600. The van der Waals surface area contributed by atoms with E-state index in [9.17, 15) is 4.39 Å². The quantitative estimate of drug-likeness (QED) is 0.762. The number of likely N-dealkylation sites (tertiary alicyclic amines) is 1. The molecule has 4 rings (SSSR count). The first-order chi connectivity index (χ1) is 11.6. The van der Waals surface area contributed by atoms with E-state index in [-0.39, 0.29) is 0 Å². The molecular formula is C20H25F2NO. The van der Waals surface area contributed by atoms with Gasteiger partial charge in [0.25, 0.3) is 0 Å². The SMILES string of the molecule is COc1ccc(F)cc1C1(F)CCN(C[C@H]2C[C@H]3C=C[C@H]2C3)CC1. The Balaban J connectivity index is 1.42. The van der Waals surface area contributed by atoms with Crippen molar-refractivity contribution in [3.05, 3.63) is 41.7 Å². The largest absolute Gasteiger partial charge is 0.496 e. The number of fused-ring (bicyclic) bond motifs is 2. The molecule has 1 aliphatic heterocycles. The minimum atomic E-state index is -1.49. The van der Waals surface area contributed by atoms with E-state index in [1.807, 2.05) is 0 Å². The van der Waals surface area contributed by atoms with Crippen LogP contribution >= 0.6 is 0 Å². The summed E-state index contributed by atoms with van der Waals surface area (Å²) in [6.07, 6.45) is 8.15. The summed E-state index contributed by atoms with van der Waals surface area (Å²) >= 11 is 0. The predicted molar refractivity (Wildman–Crippen MR) is 90.3 cm³/mol. The molecule has 24 heavy (non-hydrogen) atoms. The highest BCUT2D eigenvalue weighted by Gasteiger charge is 2.41. The van der Waals surface area contributed by atoms with E-state index in [1.54, 1.807) is 0 Å². The molecule has 2 bridgehead atoms. The number of hydrogen-bond acceptors (Lipinski definition) is 2. The normalized spacial score (nSPS) is 31.5. The van der Waals surface area contributed by atoms with Gasteiger partial charge in [0.15, 0.2) is 0 Å². The maximum absolute atomic E-state index is 15.5. The molecule has 0 aromatic heterocycles. The first kappa shape index (κ1) is 16.1. The van der Waals surface area contributed by atoms with Crippen molar-refractivity contribution in [3.63, 3.8) is 0 Å². The second kappa shape index (κ2) is 6.14. The lowest BCUT2D eigenvalue weighted by Gasteiger charge is -2.39. The van der Waals surface area contributed by atoms with E-state index in [1.165, 1.54) is 38.2 Å². The van der Waals surface area contributed by atoms with Crippen LogP contribution in [0.2, 0.25) is 0 Å². The summed E-state index contributed by atoms with van der Waals surface area (Å²) in [7, 11) is 1.51. The summed E-state index contributed by atoms with van der Waals surface area (Å²) in [5.74, 6) is 2.29. The van der Waals surface area contributed by atoms with Crippen molar-refractivity contribution in [2.45, 2.75) is 31.4 Å². The predicted octanol–water partition coefficient (Wildman–Crippen LogP) is 4.31. The lowest BCUT2D eigenvalue weighted by atomic mass is 9.84. The van der Waals surface area contributed by atoms with Crippen LogP contribution in [0, 0.1) is 23.6 Å². The summed E-state index contributed by atoms with van der Waals surface area (Å²) in [4.78, 5) is 2.39. The number of alkyl halides is 1. The van der Waals surface area contributed by atoms with Crippen LogP contribution in [0.3, 0.4) is 0 Å². The molecule has 2 fully saturated rings. The minimum Gasteiger partial charge on any atom is -0.496 e. The molecule has 0 radical (unpaired) electrons. The highest BCUT2D eigenvalue weighted by atomic mass is 19.1. The Bertz CT molecular complexity index is 637. The second-order valence-electron chi connectivity index (χ2n) is 7.65. The highest BCUT2D eigenvalue weighted by molar-refractivity contribution is 5.39. The molecule has 3 atom stereocenters. The number of rotatable bonds is 4. The van der Waals surface area contributed by atoms with Gasteiger partial charge in [0, 0.05) is 25.2 Å². The summed E-state index contributed by atoms with van der Waals surface area (Å²) in [5, 5.41) is 0. The third kappa shape index (κ3) is 2.85. The Hall–Kier alpha value is -1.42. The lowest BCUT2D eigenvalue weighted by Crippen LogP contribution is -2.43. The zero-order valence-electron chi connectivity index (χ0n) is 14.2. The Labute approximate surface area is 142 Å². The van der Waals surface area contributed by atoms with Gasteiger partial charge in [-0.15, -0.1) is 0 Å².